The minimum Gasteiger partial charge on any atom is -1.00 e. The molecule has 0 amide bonds. The van der Waals surface area contributed by atoms with E-state index in [9.17, 15) is 0 Å². The Bertz CT molecular complexity index is 1230. The SMILES string of the molecule is C=Cc1ccc2c(c1)-c1cc(C=C)ccc1[CH]2[Zr+2]([C]1=CC(C(C)(C)C)=CC1CC)=[C](CCCC)CCCC.[Cl-].[Cl-]. The van der Waals surface area contributed by atoms with Gasteiger partial charge in [-0.05, 0) is 0 Å². The molecule has 1 atom stereocenters. The van der Waals surface area contributed by atoms with Crippen LogP contribution in [0.4, 0.5) is 0 Å². The molecule has 2 aromatic carbocycles. The molecule has 0 saturated heterocycles. The number of halogens is 2. The van der Waals surface area contributed by atoms with E-state index in [1.807, 2.05) is 18.6 Å². The zero-order valence-corrected chi connectivity index (χ0v) is 29.5. The molecule has 2 aliphatic carbocycles. The van der Waals surface area contributed by atoms with Crippen molar-refractivity contribution in [1.29, 1.82) is 0 Å². The first-order valence-corrected chi connectivity index (χ1v) is 18.8. The molecule has 3 heteroatoms. The Balaban J connectivity index is 0.00000280. The van der Waals surface area contributed by atoms with E-state index in [1.54, 1.807) is 16.7 Å². The Kier molecular flexibility index (Phi) is 13.3. The average molecular weight is 655 g/mol. The Morgan fingerprint density at radius 3 is 1.73 bits per heavy atom. The first-order valence-electron chi connectivity index (χ1n) is 15.0. The Labute approximate surface area is 265 Å². The first kappa shape index (κ1) is 34.9. The molecule has 0 aliphatic heterocycles. The zero-order chi connectivity index (χ0) is 27.4. The molecule has 0 radical (unpaired) electrons. The van der Waals surface area contributed by atoms with Gasteiger partial charge in [-0.1, -0.05) is 0 Å². The van der Waals surface area contributed by atoms with Gasteiger partial charge < -0.3 is 24.8 Å². The molecule has 0 saturated carbocycles. The second-order valence-electron chi connectivity index (χ2n) is 12.2. The van der Waals surface area contributed by atoms with Crippen molar-refractivity contribution in [2.24, 2.45) is 11.3 Å². The van der Waals surface area contributed by atoms with Gasteiger partial charge in [0.25, 0.3) is 0 Å². The van der Waals surface area contributed by atoms with Crippen molar-refractivity contribution in [2.45, 2.75) is 90.1 Å². The van der Waals surface area contributed by atoms with Gasteiger partial charge in [0.05, 0.1) is 0 Å². The summed E-state index contributed by atoms with van der Waals surface area (Å²) in [5.41, 5.74) is 10.2. The third-order valence-electron chi connectivity index (χ3n) is 8.58. The summed E-state index contributed by atoms with van der Waals surface area (Å²) in [5, 5.41) is 0. The van der Waals surface area contributed by atoms with Crippen LogP contribution in [-0.2, 0) is 21.3 Å². The van der Waals surface area contributed by atoms with Gasteiger partial charge in [0.1, 0.15) is 0 Å². The van der Waals surface area contributed by atoms with Crippen molar-refractivity contribution >= 4 is 15.4 Å². The van der Waals surface area contributed by atoms with E-state index in [1.165, 1.54) is 67.2 Å². The number of rotatable bonds is 11. The second kappa shape index (κ2) is 15.3. The summed E-state index contributed by atoms with van der Waals surface area (Å²) < 4.78 is 4.37. The smallest absolute Gasteiger partial charge is 1.00 e. The third kappa shape index (κ3) is 7.20. The Morgan fingerprint density at radius 1 is 0.825 bits per heavy atom. The van der Waals surface area contributed by atoms with E-state index >= 15 is 0 Å². The molecule has 0 bridgehead atoms. The quantitative estimate of drug-likeness (QED) is 0.316. The van der Waals surface area contributed by atoms with Gasteiger partial charge in [-0.3, -0.25) is 0 Å². The summed E-state index contributed by atoms with van der Waals surface area (Å²) in [4.78, 5) is 0. The molecule has 2 aliphatic rings. The van der Waals surface area contributed by atoms with Gasteiger partial charge in [-0.2, -0.15) is 0 Å². The van der Waals surface area contributed by atoms with E-state index < -0.39 is 21.3 Å². The normalized spacial score (nSPS) is 15.5. The molecule has 0 N–H and O–H groups in total. The van der Waals surface area contributed by atoms with Gasteiger partial charge in [0, 0.05) is 0 Å². The van der Waals surface area contributed by atoms with Crippen molar-refractivity contribution < 1.29 is 46.1 Å². The van der Waals surface area contributed by atoms with Crippen LogP contribution in [0.1, 0.15) is 112 Å². The van der Waals surface area contributed by atoms with Crippen molar-refractivity contribution in [2.75, 3.05) is 0 Å². The fourth-order valence-corrected chi connectivity index (χ4v) is 16.5. The van der Waals surface area contributed by atoms with Gasteiger partial charge in [0.2, 0.25) is 0 Å². The molecule has 1 unspecified atom stereocenters. The summed E-state index contributed by atoms with van der Waals surface area (Å²) in [6, 6.07) is 14.3. The van der Waals surface area contributed by atoms with Crippen molar-refractivity contribution in [3.8, 4) is 11.1 Å². The van der Waals surface area contributed by atoms with E-state index in [0.717, 1.165) is 0 Å². The summed E-state index contributed by atoms with van der Waals surface area (Å²) >= 11 is -2.38. The fraction of sp³-hybridized carbons (Fsp3) is 0.432. The summed E-state index contributed by atoms with van der Waals surface area (Å²) in [6.07, 6.45) is 18.4. The molecular formula is C37H48Cl2Zr. The van der Waals surface area contributed by atoms with Crippen LogP contribution < -0.4 is 24.8 Å². The van der Waals surface area contributed by atoms with Gasteiger partial charge in [-0.15, -0.1) is 0 Å². The number of hydrogen-bond donors (Lipinski definition) is 0. The fourth-order valence-electron chi connectivity index (χ4n) is 6.31. The van der Waals surface area contributed by atoms with Crippen LogP contribution in [0.3, 0.4) is 0 Å². The molecule has 2 aromatic rings. The molecule has 0 heterocycles. The van der Waals surface area contributed by atoms with Crippen LogP contribution in [0.5, 0.6) is 0 Å². The maximum absolute atomic E-state index is 4.09. The van der Waals surface area contributed by atoms with Crippen LogP contribution >= 0.6 is 0 Å². The van der Waals surface area contributed by atoms with Crippen molar-refractivity contribution in [3.05, 3.63) is 92.8 Å². The van der Waals surface area contributed by atoms with E-state index in [0.29, 0.717) is 9.54 Å². The van der Waals surface area contributed by atoms with E-state index in [2.05, 4.69) is 103 Å². The van der Waals surface area contributed by atoms with E-state index in [4.69, 9.17) is 0 Å². The minimum atomic E-state index is -2.38. The third-order valence-corrected chi connectivity index (χ3v) is 17.4. The minimum absolute atomic E-state index is 0. The predicted molar refractivity (Wildman–Crippen MR) is 167 cm³/mol. The summed E-state index contributed by atoms with van der Waals surface area (Å²) in [6.45, 7) is 22.5. The van der Waals surface area contributed by atoms with Crippen LogP contribution in [0.15, 0.2) is 70.6 Å². The molecular weight excluding hydrogens is 607 g/mol. The van der Waals surface area contributed by atoms with Gasteiger partial charge in [-0.25, -0.2) is 0 Å². The number of benzene rings is 2. The van der Waals surface area contributed by atoms with Crippen molar-refractivity contribution in [1.82, 2.24) is 0 Å². The van der Waals surface area contributed by atoms with E-state index in [-0.39, 0.29) is 30.2 Å². The topological polar surface area (TPSA) is 0 Å². The summed E-state index contributed by atoms with van der Waals surface area (Å²) in [7, 11) is 0. The maximum atomic E-state index is 4.09. The number of allylic oxidation sites excluding steroid dienone is 4. The van der Waals surface area contributed by atoms with Crippen LogP contribution in [-0.4, -0.2) is 3.21 Å². The van der Waals surface area contributed by atoms with Gasteiger partial charge in [0.15, 0.2) is 0 Å². The maximum Gasteiger partial charge on any atom is -1.00 e. The van der Waals surface area contributed by atoms with Crippen LogP contribution in [0.25, 0.3) is 23.3 Å². The number of hydrogen-bond acceptors (Lipinski definition) is 0. The Hall–Kier alpha value is -1.27. The molecule has 4 rings (SSSR count). The monoisotopic (exact) mass is 652 g/mol. The number of fused-ring (bicyclic) bond motifs is 3. The number of unbranched alkanes of at least 4 members (excludes halogenated alkanes) is 2. The van der Waals surface area contributed by atoms with Crippen molar-refractivity contribution in [3.63, 3.8) is 0 Å². The van der Waals surface area contributed by atoms with Crippen LogP contribution in [0, 0.1) is 11.3 Å². The summed E-state index contributed by atoms with van der Waals surface area (Å²) in [5.74, 6) is 0.601. The van der Waals surface area contributed by atoms with Crippen LogP contribution in [0.2, 0.25) is 0 Å². The zero-order valence-electron chi connectivity index (χ0n) is 25.5. The molecule has 0 spiro atoms. The molecule has 0 fully saturated rings. The molecule has 0 nitrogen and oxygen atoms in total. The first-order chi connectivity index (χ1) is 18.3. The largest absolute Gasteiger partial charge is 1.00 e. The standard InChI is InChI=1S/C17H13.C11H17.C9H18.2ClH.Zr/c1-3-12-5-7-14-11-15-8-6-13(4-2)10-17(15)16(14)9-12;1-5-9-6-7-10(8-9)11(2,3)4;1-3-5-7-9-8-6-4-2;;;/h3-11H,1-2H2;7-9H,5H2,1-4H3;3-8H2,1-2H3;2*1H;/q;;;;;+2/p-2. The molecule has 214 valence electrons. The predicted octanol–water partition coefficient (Wildman–Crippen LogP) is 5.12. The van der Waals surface area contributed by atoms with Gasteiger partial charge >= 0.3 is 242 Å². The second-order valence-corrected chi connectivity index (χ2v) is 18.9. The molecule has 0 aromatic heterocycles. The average Bonchev–Trinajstić information content (AvgIpc) is 3.49. The Morgan fingerprint density at radius 2 is 1.32 bits per heavy atom. The molecule has 40 heavy (non-hydrogen) atoms.